The number of nitrogens with zero attached hydrogens (tertiary/aromatic N) is 3. The molecule has 0 amide bonds. The third-order valence-corrected chi connectivity index (χ3v) is 2.87. The van der Waals surface area contributed by atoms with Gasteiger partial charge in [0.15, 0.2) is 0 Å². The summed E-state index contributed by atoms with van der Waals surface area (Å²) in [6, 6.07) is 7.77. The van der Waals surface area contributed by atoms with Gasteiger partial charge in [-0.25, -0.2) is 0 Å². The Morgan fingerprint density at radius 2 is 2.06 bits per heavy atom. The van der Waals surface area contributed by atoms with Gasteiger partial charge in [0.1, 0.15) is 17.6 Å². The first-order valence-corrected chi connectivity index (χ1v) is 6.53. The molecule has 0 aliphatic carbocycles. The van der Waals surface area contributed by atoms with E-state index >= 15 is 0 Å². The Kier molecular flexibility index (Phi) is 4.16. The normalized spacial score (nSPS) is 10.8. The fourth-order valence-corrected chi connectivity index (χ4v) is 1.86. The molecule has 0 aliphatic rings. The van der Waals surface area contributed by atoms with Crippen molar-refractivity contribution in [2.24, 2.45) is 0 Å². The smallest absolute Gasteiger partial charge is 0.130 e. The van der Waals surface area contributed by atoms with Gasteiger partial charge in [-0.05, 0) is 36.6 Å². The molecule has 0 atom stereocenters. The maximum atomic E-state index is 5.53. The first-order valence-electron chi connectivity index (χ1n) is 5.41. The Balaban J connectivity index is 1.89. The van der Waals surface area contributed by atoms with Gasteiger partial charge in [0.2, 0.25) is 0 Å². The quantitative estimate of drug-likeness (QED) is 0.604. The number of hydrogen-bond donors (Lipinski definition) is 0. The Morgan fingerprint density at radius 1 is 1.19 bits per heavy atom. The highest BCUT2D eigenvalue weighted by Crippen LogP contribution is 2.08. The van der Waals surface area contributed by atoms with E-state index in [9.17, 15) is 0 Å². The van der Waals surface area contributed by atoms with Crippen LogP contribution in [0.1, 0.15) is 19.3 Å². The van der Waals surface area contributed by atoms with Crippen LogP contribution < -0.4 is 4.84 Å². The molecule has 0 spiro atoms. The van der Waals surface area contributed by atoms with E-state index in [1.807, 2.05) is 24.3 Å². The highest BCUT2D eigenvalue weighted by atomic mass is 79.9. The monoisotopic (exact) mass is 283 g/mol. The van der Waals surface area contributed by atoms with Crippen molar-refractivity contribution in [1.82, 2.24) is 15.2 Å². The molecule has 2 rings (SSSR count). The van der Waals surface area contributed by atoms with Crippen LogP contribution in [0, 0.1) is 0 Å². The molecule has 0 unspecified atom stereocenters. The summed E-state index contributed by atoms with van der Waals surface area (Å²) in [5, 5.41) is 9.02. The zero-order chi connectivity index (χ0) is 11.2. The van der Waals surface area contributed by atoms with Gasteiger partial charge in [-0.15, -0.1) is 5.10 Å². The van der Waals surface area contributed by atoms with Gasteiger partial charge in [-0.2, -0.15) is 0 Å². The molecule has 0 radical (unpaired) electrons. The number of unbranched alkanes of at least 4 members (excludes halogenated alkanes) is 2. The number of para-hydroxylation sites is 1. The second kappa shape index (κ2) is 5.84. The van der Waals surface area contributed by atoms with Crippen molar-refractivity contribution in [1.29, 1.82) is 0 Å². The van der Waals surface area contributed by atoms with E-state index < -0.39 is 0 Å². The second-order valence-electron chi connectivity index (χ2n) is 3.53. The number of alkyl halides is 1. The number of hydrogen-bond acceptors (Lipinski definition) is 3. The van der Waals surface area contributed by atoms with Crippen LogP contribution in [0.2, 0.25) is 0 Å². The molecule has 4 nitrogen and oxygen atoms in total. The molecule has 5 heteroatoms. The van der Waals surface area contributed by atoms with Crippen molar-refractivity contribution < 1.29 is 4.84 Å². The average Bonchev–Trinajstić information content (AvgIpc) is 2.73. The molecule has 0 aliphatic heterocycles. The molecule has 16 heavy (non-hydrogen) atoms. The van der Waals surface area contributed by atoms with Crippen LogP contribution in [0.4, 0.5) is 0 Å². The van der Waals surface area contributed by atoms with E-state index in [1.165, 1.54) is 11.3 Å². The van der Waals surface area contributed by atoms with Crippen LogP contribution in [0.15, 0.2) is 24.3 Å². The fourth-order valence-electron chi connectivity index (χ4n) is 1.47. The summed E-state index contributed by atoms with van der Waals surface area (Å²) in [7, 11) is 0. The molecule has 2 aromatic rings. The van der Waals surface area contributed by atoms with Crippen molar-refractivity contribution in [2.75, 3.05) is 11.9 Å². The molecule has 1 aromatic carbocycles. The Hall–Kier alpha value is -1.10. The van der Waals surface area contributed by atoms with Gasteiger partial charge in [0, 0.05) is 5.33 Å². The van der Waals surface area contributed by atoms with E-state index in [0.29, 0.717) is 6.61 Å². The van der Waals surface area contributed by atoms with Gasteiger partial charge < -0.3 is 4.84 Å². The summed E-state index contributed by atoms with van der Waals surface area (Å²) in [5.74, 6) is 0. The molecule has 0 saturated heterocycles. The van der Waals surface area contributed by atoms with Gasteiger partial charge in [-0.3, -0.25) is 0 Å². The zero-order valence-electron chi connectivity index (χ0n) is 8.97. The van der Waals surface area contributed by atoms with Crippen molar-refractivity contribution in [3.8, 4) is 0 Å². The average molecular weight is 284 g/mol. The SMILES string of the molecule is BrCCCCCOn1nnc2ccccc21. The van der Waals surface area contributed by atoms with Crippen molar-refractivity contribution >= 4 is 27.0 Å². The molecule has 1 aromatic heterocycles. The molecular weight excluding hydrogens is 270 g/mol. The topological polar surface area (TPSA) is 39.9 Å². The summed E-state index contributed by atoms with van der Waals surface area (Å²) in [6.45, 7) is 0.681. The van der Waals surface area contributed by atoms with E-state index in [-0.39, 0.29) is 0 Å². The van der Waals surface area contributed by atoms with E-state index in [4.69, 9.17) is 4.84 Å². The lowest BCUT2D eigenvalue weighted by atomic mass is 10.3. The van der Waals surface area contributed by atoms with Gasteiger partial charge in [-0.1, -0.05) is 32.9 Å². The third-order valence-electron chi connectivity index (χ3n) is 2.31. The lowest BCUT2D eigenvalue weighted by molar-refractivity contribution is 0.0846. The zero-order valence-corrected chi connectivity index (χ0v) is 10.6. The minimum absolute atomic E-state index is 0.681. The molecule has 0 bridgehead atoms. The fraction of sp³-hybridized carbons (Fsp3) is 0.455. The van der Waals surface area contributed by atoms with E-state index in [0.717, 1.165) is 29.2 Å². The molecule has 86 valence electrons. The number of benzene rings is 1. The number of aromatic nitrogens is 3. The summed E-state index contributed by atoms with van der Waals surface area (Å²) < 4.78 is 0. The highest BCUT2D eigenvalue weighted by Gasteiger charge is 2.02. The van der Waals surface area contributed by atoms with Crippen molar-refractivity contribution in [3.63, 3.8) is 0 Å². The van der Waals surface area contributed by atoms with E-state index in [2.05, 4.69) is 26.2 Å². The summed E-state index contributed by atoms with van der Waals surface area (Å²) >= 11 is 3.40. The van der Waals surface area contributed by atoms with Crippen LogP contribution in [0.5, 0.6) is 0 Å². The summed E-state index contributed by atoms with van der Waals surface area (Å²) in [6.07, 6.45) is 3.39. The standard InChI is InChI=1S/C11H14BrN3O/c12-8-4-1-5-9-16-15-11-7-3-2-6-10(11)13-14-15/h2-3,6-7H,1,4-5,8-9H2. The maximum Gasteiger partial charge on any atom is 0.130 e. The Labute approximate surface area is 103 Å². The Morgan fingerprint density at radius 3 is 2.94 bits per heavy atom. The minimum atomic E-state index is 0.681. The van der Waals surface area contributed by atoms with Crippen LogP contribution in [0.25, 0.3) is 11.0 Å². The van der Waals surface area contributed by atoms with Gasteiger partial charge >= 0.3 is 0 Å². The van der Waals surface area contributed by atoms with Crippen LogP contribution in [-0.4, -0.2) is 27.1 Å². The first kappa shape index (κ1) is 11.4. The maximum absolute atomic E-state index is 5.53. The number of halogens is 1. The van der Waals surface area contributed by atoms with Gasteiger partial charge in [0.25, 0.3) is 0 Å². The predicted molar refractivity (Wildman–Crippen MR) is 66.6 cm³/mol. The van der Waals surface area contributed by atoms with Crippen LogP contribution >= 0.6 is 15.9 Å². The van der Waals surface area contributed by atoms with E-state index in [1.54, 1.807) is 0 Å². The van der Waals surface area contributed by atoms with Crippen LogP contribution in [-0.2, 0) is 0 Å². The number of fused-ring (bicyclic) bond motifs is 1. The van der Waals surface area contributed by atoms with Crippen LogP contribution in [0.3, 0.4) is 0 Å². The second-order valence-corrected chi connectivity index (χ2v) is 4.33. The molecule has 0 saturated carbocycles. The molecular formula is C11H14BrN3O. The highest BCUT2D eigenvalue weighted by molar-refractivity contribution is 9.09. The molecule has 0 N–H and O–H groups in total. The first-order chi connectivity index (χ1) is 7.92. The molecule has 0 fully saturated rings. The predicted octanol–water partition coefficient (Wildman–Crippen LogP) is 2.43. The molecule has 1 heterocycles. The number of rotatable bonds is 6. The summed E-state index contributed by atoms with van der Waals surface area (Å²) in [5.41, 5.74) is 1.78. The third kappa shape index (κ3) is 2.72. The summed E-state index contributed by atoms with van der Waals surface area (Å²) in [4.78, 5) is 7.04. The largest absolute Gasteiger partial charge is 0.395 e. The Bertz CT molecular complexity index is 443. The van der Waals surface area contributed by atoms with Crippen molar-refractivity contribution in [2.45, 2.75) is 19.3 Å². The van der Waals surface area contributed by atoms with Crippen molar-refractivity contribution in [3.05, 3.63) is 24.3 Å². The lowest BCUT2D eigenvalue weighted by Gasteiger charge is -2.04. The van der Waals surface area contributed by atoms with Gasteiger partial charge in [0.05, 0.1) is 0 Å². The minimum Gasteiger partial charge on any atom is -0.395 e. The lowest BCUT2D eigenvalue weighted by Crippen LogP contribution is -2.14.